The van der Waals surface area contributed by atoms with Crippen LogP contribution in [-0.4, -0.2) is 30.7 Å². The third-order valence-electron chi connectivity index (χ3n) is 3.65. The minimum Gasteiger partial charge on any atom is -0.343 e. The van der Waals surface area contributed by atoms with Crippen LogP contribution in [0.15, 0.2) is 30.3 Å². The van der Waals surface area contributed by atoms with Crippen molar-refractivity contribution < 1.29 is 18.0 Å². The van der Waals surface area contributed by atoms with Gasteiger partial charge >= 0.3 is 6.18 Å². The molecule has 0 aliphatic carbocycles. The summed E-state index contributed by atoms with van der Waals surface area (Å²) in [5.74, 6) is -0.553. The second-order valence-electron chi connectivity index (χ2n) is 5.28. The van der Waals surface area contributed by atoms with Crippen molar-refractivity contribution in [3.05, 3.63) is 35.9 Å². The summed E-state index contributed by atoms with van der Waals surface area (Å²) in [5, 5.41) is 5.05. The van der Waals surface area contributed by atoms with Gasteiger partial charge in [0.1, 0.15) is 6.04 Å². The summed E-state index contributed by atoms with van der Waals surface area (Å²) < 4.78 is 39.1. The average molecular weight is 337 g/mol. The standard InChI is InChI=1S/C15H19F3N2O.ClH/c16-15(17,18)13(9-8-11-5-2-1-3-6-11)20-14(21)12-7-4-10-19-12;/h1-3,5-6,12-13,19H,4,7-10H2,(H,20,21);1H. The lowest BCUT2D eigenvalue weighted by atomic mass is 10.0. The van der Waals surface area contributed by atoms with Crippen molar-refractivity contribution in [2.45, 2.75) is 43.9 Å². The summed E-state index contributed by atoms with van der Waals surface area (Å²) in [4.78, 5) is 11.8. The molecule has 0 spiro atoms. The maximum absolute atomic E-state index is 13.0. The minimum absolute atomic E-state index is 0. The number of rotatable bonds is 5. The van der Waals surface area contributed by atoms with E-state index in [0.717, 1.165) is 12.0 Å². The fourth-order valence-electron chi connectivity index (χ4n) is 2.45. The van der Waals surface area contributed by atoms with E-state index in [1.54, 1.807) is 24.3 Å². The molecule has 22 heavy (non-hydrogen) atoms. The molecule has 0 bridgehead atoms. The molecule has 7 heteroatoms. The number of alkyl halides is 3. The predicted molar refractivity (Wildman–Crippen MR) is 81.0 cm³/mol. The Balaban J connectivity index is 0.00000242. The molecule has 3 nitrogen and oxygen atoms in total. The predicted octanol–water partition coefficient (Wildman–Crippen LogP) is 2.84. The van der Waals surface area contributed by atoms with Gasteiger partial charge in [-0.25, -0.2) is 0 Å². The number of nitrogens with one attached hydrogen (secondary N) is 2. The second kappa shape index (κ2) is 8.39. The summed E-state index contributed by atoms with van der Waals surface area (Å²) in [6.45, 7) is 0.679. The Bertz CT molecular complexity index is 462. The lowest BCUT2D eigenvalue weighted by molar-refractivity contribution is -0.163. The monoisotopic (exact) mass is 336 g/mol. The molecule has 1 heterocycles. The highest BCUT2D eigenvalue weighted by atomic mass is 35.5. The van der Waals surface area contributed by atoms with Crippen LogP contribution in [0.2, 0.25) is 0 Å². The van der Waals surface area contributed by atoms with Gasteiger partial charge in [0.05, 0.1) is 6.04 Å². The summed E-state index contributed by atoms with van der Waals surface area (Å²) in [6, 6.07) is 6.68. The van der Waals surface area contributed by atoms with Crippen LogP contribution in [0.3, 0.4) is 0 Å². The Labute approximate surface area is 134 Å². The quantitative estimate of drug-likeness (QED) is 0.868. The van der Waals surface area contributed by atoms with Gasteiger partial charge in [-0.2, -0.15) is 13.2 Å². The van der Waals surface area contributed by atoms with Crippen LogP contribution >= 0.6 is 12.4 Å². The van der Waals surface area contributed by atoms with E-state index < -0.39 is 24.2 Å². The molecule has 1 saturated heterocycles. The minimum atomic E-state index is -4.43. The van der Waals surface area contributed by atoms with E-state index >= 15 is 0 Å². The Kier molecular flexibility index (Phi) is 7.16. The van der Waals surface area contributed by atoms with E-state index in [2.05, 4.69) is 10.6 Å². The van der Waals surface area contributed by atoms with E-state index in [1.807, 2.05) is 6.07 Å². The van der Waals surface area contributed by atoms with Crippen LogP contribution in [-0.2, 0) is 11.2 Å². The van der Waals surface area contributed by atoms with Crippen molar-refractivity contribution in [1.82, 2.24) is 10.6 Å². The largest absolute Gasteiger partial charge is 0.408 e. The van der Waals surface area contributed by atoms with Gasteiger partial charge in [0.2, 0.25) is 5.91 Å². The average Bonchev–Trinajstić information content (AvgIpc) is 2.97. The number of amides is 1. The zero-order valence-corrected chi connectivity index (χ0v) is 12.8. The van der Waals surface area contributed by atoms with Gasteiger partial charge in [-0.3, -0.25) is 4.79 Å². The number of aryl methyl sites for hydroxylation is 1. The first-order chi connectivity index (χ1) is 9.97. The molecule has 1 aromatic carbocycles. The van der Waals surface area contributed by atoms with Gasteiger partial charge in [0, 0.05) is 0 Å². The zero-order chi connectivity index (χ0) is 15.3. The molecule has 2 unspecified atom stereocenters. The molecule has 0 saturated carbocycles. The first-order valence-corrected chi connectivity index (χ1v) is 7.11. The molecular formula is C15H20ClF3N2O. The number of benzene rings is 1. The maximum Gasteiger partial charge on any atom is 0.408 e. The van der Waals surface area contributed by atoms with Gasteiger partial charge < -0.3 is 10.6 Å². The van der Waals surface area contributed by atoms with Crippen LogP contribution in [0.25, 0.3) is 0 Å². The lowest BCUT2D eigenvalue weighted by Gasteiger charge is -2.23. The highest BCUT2D eigenvalue weighted by Gasteiger charge is 2.41. The number of halogens is 4. The Morgan fingerprint density at radius 3 is 2.55 bits per heavy atom. The lowest BCUT2D eigenvalue weighted by Crippen LogP contribution is -2.51. The summed E-state index contributed by atoms with van der Waals surface area (Å²) >= 11 is 0. The molecule has 0 aromatic heterocycles. The number of carbonyl (C=O) groups is 1. The smallest absolute Gasteiger partial charge is 0.343 e. The van der Waals surface area contributed by atoms with E-state index in [9.17, 15) is 18.0 Å². The number of hydrogen-bond acceptors (Lipinski definition) is 2. The van der Waals surface area contributed by atoms with Crippen molar-refractivity contribution in [3.63, 3.8) is 0 Å². The molecule has 1 aliphatic rings. The highest BCUT2D eigenvalue weighted by Crippen LogP contribution is 2.24. The summed E-state index contributed by atoms with van der Waals surface area (Å²) in [5.41, 5.74) is 0.833. The first kappa shape index (κ1) is 18.8. The number of carbonyl (C=O) groups excluding carboxylic acids is 1. The van der Waals surface area contributed by atoms with Gasteiger partial charge in [-0.1, -0.05) is 30.3 Å². The van der Waals surface area contributed by atoms with Crippen LogP contribution in [0.5, 0.6) is 0 Å². The fraction of sp³-hybridized carbons (Fsp3) is 0.533. The van der Waals surface area contributed by atoms with Gasteiger partial charge in [-0.15, -0.1) is 12.4 Å². The molecule has 1 aromatic rings. The van der Waals surface area contributed by atoms with Crippen LogP contribution < -0.4 is 10.6 Å². The van der Waals surface area contributed by atoms with Crippen LogP contribution in [0.1, 0.15) is 24.8 Å². The van der Waals surface area contributed by atoms with E-state index in [4.69, 9.17) is 0 Å². The normalized spacial score (nSPS) is 19.3. The summed E-state index contributed by atoms with van der Waals surface area (Å²) in [6.07, 6.45) is -2.88. The Hall–Kier alpha value is -1.27. The van der Waals surface area contributed by atoms with Crippen molar-refractivity contribution in [1.29, 1.82) is 0 Å². The van der Waals surface area contributed by atoms with Gasteiger partial charge in [-0.05, 0) is 37.8 Å². The Morgan fingerprint density at radius 1 is 1.32 bits per heavy atom. The molecule has 2 atom stereocenters. The van der Waals surface area contributed by atoms with Crippen molar-refractivity contribution in [3.8, 4) is 0 Å². The fourth-order valence-corrected chi connectivity index (χ4v) is 2.45. The summed E-state index contributed by atoms with van der Waals surface area (Å²) in [7, 11) is 0. The van der Waals surface area contributed by atoms with Gasteiger partial charge in [0.15, 0.2) is 0 Å². The second-order valence-corrected chi connectivity index (χ2v) is 5.28. The first-order valence-electron chi connectivity index (χ1n) is 7.11. The van der Waals surface area contributed by atoms with Crippen molar-refractivity contribution >= 4 is 18.3 Å². The SMILES string of the molecule is Cl.O=C(NC(CCc1ccccc1)C(F)(F)F)C1CCCN1. The molecule has 1 amide bonds. The Morgan fingerprint density at radius 2 is 2.00 bits per heavy atom. The van der Waals surface area contributed by atoms with Crippen LogP contribution in [0.4, 0.5) is 13.2 Å². The molecule has 0 radical (unpaired) electrons. The molecule has 2 N–H and O–H groups in total. The zero-order valence-electron chi connectivity index (χ0n) is 12.0. The molecular weight excluding hydrogens is 317 g/mol. The third-order valence-corrected chi connectivity index (χ3v) is 3.65. The van der Waals surface area contributed by atoms with Gasteiger partial charge in [0.25, 0.3) is 0 Å². The third kappa shape index (κ3) is 5.50. The van der Waals surface area contributed by atoms with E-state index in [1.165, 1.54) is 0 Å². The van der Waals surface area contributed by atoms with Crippen LogP contribution in [0, 0.1) is 0 Å². The molecule has 124 valence electrons. The topological polar surface area (TPSA) is 41.1 Å². The molecule has 2 rings (SSSR count). The van der Waals surface area contributed by atoms with Crippen molar-refractivity contribution in [2.75, 3.05) is 6.54 Å². The highest BCUT2D eigenvalue weighted by molar-refractivity contribution is 5.85. The molecule has 1 aliphatic heterocycles. The van der Waals surface area contributed by atoms with E-state index in [0.29, 0.717) is 13.0 Å². The maximum atomic E-state index is 13.0. The van der Waals surface area contributed by atoms with Crippen molar-refractivity contribution in [2.24, 2.45) is 0 Å². The van der Waals surface area contributed by atoms with E-state index in [-0.39, 0.29) is 25.2 Å². The number of hydrogen-bond donors (Lipinski definition) is 2. The molecule has 1 fully saturated rings.